The number of nitrogens with zero attached hydrogens (tertiary/aromatic N) is 1. The zero-order valence-corrected chi connectivity index (χ0v) is 14.6. The lowest BCUT2D eigenvalue weighted by molar-refractivity contribution is 0.199. The number of halogens is 1. The molecular weight excluding hydrogens is 314 g/mol. The van der Waals surface area contributed by atoms with Gasteiger partial charge in [0, 0.05) is 17.6 Å². The summed E-state index contributed by atoms with van der Waals surface area (Å²) in [5, 5.41) is 9.65. The third-order valence-electron chi connectivity index (χ3n) is 4.69. The highest BCUT2D eigenvalue weighted by Gasteiger charge is 2.29. The minimum atomic E-state index is -0.416. The van der Waals surface area contributed by atoms with Crippen LogP contribution in [-0.2, 0) is 0 Å². The van der Waals surface area contributed by atoms with E-state index in [-0.39, 0.29) is 0 Å². The quantitative estimate of drug-likeness (QED) is 0.845. The van der Waals surface area contributed by atoms with E-state index in [1.54, 1.807) is 6.92 Å². The van der Waals surface area contributed by atoms with Gasteiger partial charge in [0.1, 0.15) is 0 Å². The molecule has 1 atom stereocenters. The van der Waals surface area contributed by atoms with Crippen molar-refractivity contribution < 1.29 is 5.11 Å². The summed E-state index contributed by atoms with van der Waals surface area (Å²) in [5.41, 5.74) is 2.68. The van der Waals surface area contributed by atoms with Crippen LogP contribution < -0.4 is 4.90 Å². The molecule has 0 spiro atoms. The maximum absolute atomic E-state index is 9.65. The van der Waals surface area contributed by atoms with Gasteiger partial charge in [-0.3, -0.25) is 0 Å². The number of hydrogen-bond donors (Lipinski definition) is 1. The zero-order chi connectivity index (χ0) is 14.9. The van der Waals surface area contributed by atoms with Crippen LogP contribution in [0.15, 0.2) is 22.7 Å². The third kappa shape index (κ3) is 3.56. The molecule has 2 nitrogen and oxygen atoms in total. The molecule has 112 valence electrons. The first-order valence-electron chi connectivity index (χ1n) is 7.50. The molecule has 0 unspecified atom stereocenters. The van der Waals surface area contributed by atoms with Crippen LogP contribution in [0.2, 0.25) is 0 Å². The summed E-state index contributed by atoms with van der Waals surface area (Å²) >= 11 is 3.65. The van der Waals surface area contributed by atoms with Gasteiger partial charge in [-0.05, 0) is 71.6 Å². The summed E-state index contributed by atoms with van der Waals surface area (Å²) in [6.07, 6.45) is 4.69. The van der Waals surface area contributed by atoms with Crippen molar-refractivity contribution in [2.45, 2.75) is 58.6 Å². The van der Waals surface area contributed by atoms with E-state index in [1.807, 2.05) is 12.1 Å². The summed E-state index contributed by atoms with van der Waals surface area (Å²) in [5.74, 6) is 0. The average molecular weight is 340 g/mol. The minimum absolute atomic E-state index is 0.416. The first kappa shape index (κ1) is 15.8. The number of benzene rings is 1. The molecule has 0 heterocycles. The summed E-state index contributed by atoms with van der Waals surface area (Å²) in [7, 11) is 2.19. The summed E-state index contributed by atoms with van der Waals surface area (Å²) in [6.45, 7) is 6.54. The fraction of sp³-hybridized carbons (Fsp3) is 0.647. The van der Waals surface area contributed by atoms with Crippen LogP contribution in [0, 0.1) is 5.41 Å². The molecular formula is C17H26BrNO. The van der Waals surface area contributed by atoms with Crippen molar-refractivity contribution in [3.8, 4) is 0 Å². The van der Waals surface area contributed by atoms with Crippen LogP contribution in [0.25, 0.3) is 0 Å². The van der Waals surface area contributed by atoms with Gasteiger partial charge in [0.2, 0.25) is 0 Å². The predicted octanol–water partition coefficient (Wildman–Crippen LogP) is 4.91. The van der Waals surface area contributed by atoms with Crippen LogP contribution in [0.1, 0.15) is 58.1 Å². The lowest BCUT2D eigenvalue weighted by Crippen LogP contribution is -2.37. The number of hydrogen-bond acceptors (Lipinski definition) is 2. The van der Waals surface area contributed by atoms with E-state index in [0.717, 1.165) is 10.0 Å². The largest absolute Gasteiger partial charge is 0.389 e. The van der Waals surface area contributed by atoms with E-state index in [9.17, 15) is 5.11 Å². The van der Waals surface area contributed by atoms with Gasteiger partial charge >= 0.3 is 0 Å². The van der Waals surface area contributed by atoms with E-state index in [2.05, 4.69) is 47.8 Å². The number of aliphatic hydroxyl groups is 1. The van der Waals surface area contributed by atoms with E-state index < -0.39 is 6.10 Å². The second kappa shape index (κ2) is 6.07. The second-order valence-corrected chi connectivity index (χ2v) is 7.75. The molecule has 1 aromatic carbocycles. The van der Waals surface area contributed by atoms with Crippen molar-refractivity contribution in [2.24, 2.45) is 5.41 Å². The molecule has 2 rings (SSSR count). The summed E-state index contributed by atoms with van der Waals surface area (Å²) in [4.78, 5) is 2.39. The van der Waals surface area contributed by atoms with Crippen molar-refractivity contribution in [1.82, 2.24) is 0 Å². The highest BCUT2D eigenvalue weighted by atomic mass is 79.9. The van der Waals surface area contributed by atoms with Gasteiger partial charge in [-0.15, -0.1) is 0 Å². The molecule has 0 saturated heterocycles. The molecule has 1 N–H and O–H groups in total. The Bertz CT molecular complexity index is 460. The summed E-state index contributed by atoms with van der Waals surface area (Å²) < 4.78 is 1.07. The van der Waals surface area contributed by atoms with Crippen molar-refractivity contribution in [2.75, 3.05) is 11.9 Å². The van der Waals surface area contributed by atoms with Gasteiger partial charge in [-0.25, -0.2) is 0 Å². The van der Waals surface area contributed by atoms with Gasteiger partial charge in [0.25, 0.3) is 0 Å². The van der Waals surface area contributed by atoms with Crippen LogP contribution >= 0.6 is 15.9 Å². The molecule has 0 amide bonds. The van der Waals surface area contributed by atoms with Crippen molar-refractivity contribution in [1.29, 1.82) is 0 Å². The minimum Gasteiger partial charge on any atom is -0.389 e. The molecule has 1 aromatic rings. The number of aliphatic hydroxyl groups excluding tert-OH is 1. The van der Waals surface area contributed by atoms with E-state index in [0.29, 0.717) is 11.5 Å². The van der Waals surface area contributed by atoms with Crippen molar-refractivity contribution >= 4 is 21.6 Å². The lowest BCUT2D eigenvalue weighted by Gasteiger charge is -2.40. The Morgan fingerprint density at radius 1 is 1.30 bits per heavy atom. The Morgan fingerprint density at radius 3 is 2.40 bits per heavy atom. The first-order valence-corrected chi connectivity index (χ1v) is 8.30. The van der Waals surface area contributed by atoms with Crippen molar-refractivity contribution in [3.63, 3.8) is 0 Å². The Kier molecular flexibility index (Phi) is 4.80. The smallest absolute Gasteiger partial charge is 0.0762 e. The average Bonchev–Trinajstić information content (AvgIpc) is 2.37. The van der Waals surface area contributed by atoms with E-state index in [1.165, 1.54) is 31.4 Å². The molecule has 1 aliphatic carbocycles. The maximum atomic E-state index is 9.65. The lowest BCUT2D eigenvalue weighted by atomic mass is 9.75. The Hall–Kier alpha value is -0.540. The topological polar surface area (TPSA) is 23.5 Å². The predicted molar refractivity (Wildman–Crippen MR) is 89.2 cm³/mol. The van der Waals surface area contributed by atoms with Gasteiger partial charge in [0.15, 0.2) is 0 Å². The Labute approximate surface area is 131 Å². The molecule has 1 aliphatic rings. The SMILES string of the molecule is C[C@@H](O)c1ccc(N(C)C2CCC(C)(C)CC2)c(Br)c1. The number of rotatable bonds is 3. The van der Waals surface area contributed by atoms with Gasteiger partial charge in [0.05, 0.1) is 11.8 Å². The van der Waals surface area contributed by atoms with Crippen LogP contribution in [0.3, 0.4) is 0 Å². The van der Waals surface area contributed by atoms with Crippen LogP contribution in [0.4, 0.5) is 5.69 Å². The van der Waals surface area contributed by atoms with E-state index in [4.69, 9.17) is 0 Å². The molecule has 0 bridgehead atoms. The maximum Gasteiger partial charge on any atom is 0.0762 e. The molecule has 20 heavy (non-hydrogen) atoms. The molecule has 3 heteroatoms. The monoisotopic (exact) mass is 339 g/mol. The van der Waals surface area contributed by atoms with Gasteiger partial charge in [-0.2, -0.15) is 0 Å². The Balaban J connectivity index is 2.12. The fourth-order valence-corrected chi connectivity index (χ4v) is 3.71. The highest BCUT2D eigenvalue weighted by Crippen LogP contribution is 2.39. The fourth-order valence-electron chi connectivity index (χ4n) is 3.04. The van der Waals surface area contributed by atoms with Crippen LogP contribution in [-0.4, -0.2) is 18.2 Å². The molecule has 1 fully saturated rings. The number of anilines is 1. The van der Waals surface area contributed by atoms with Gasteiger partial charge in [-0.1, -0.05) is 19.9 Å². The molecule has 1 saturated carbocycles. The molecule has 0 aliphatic heterocycles. The second-order valence-electron chi connectivity index (χ2n) is 6.89. The zero-order valence-electron chi connectivity index (χ0n) is 13.0. The van der Waals surface area contributed by atoms with Crippen LogP contribution in [0.5, 0.6) is 0 Å². The first-order chi connectivity index (χ1) is 9.30. The van der Waals surface area contributed by atoms with E-state index >= 15 is 0 Å². The van der Waals surface area contributed by atoms with Gasteiger partial charge < -0.3 is 10.0 Å². The summed E-state index contributed by atoms with van der Waals surface area (Å²) in [6, 6.07) is 6.79. The third-order valence-corrected chi connectivity index (χ3v) is 5.33. The standard InChI is InChI=1S/C17H26BrNO/c1-12(20)13-5-6-16(15(18)11-13)19(4)14-7-9-17(2,3)10-8-14/h5-6,11-12,14,20H,7-10H2,1-4H3/t12-/m1/s1. The molecule has 0 aromatic heterocycles. The molecule has 0 radical (unpaired) electrons. The van der Waals surface area contributed by atoms with Crippen molar-refractivity contribution in [3.05, 3.63) is 28.2 Å². The highest BCUT2D eigenvalue weighted by molar-refractivity contribution is 9.10. The Morgan fingerprint density at radius 2 is 1.90 bits per heavy atom. The normalized spacial score (nSPS) is 20.7.